The molecule has 1 heterocycles. The van der Waals surface area contributed by atoms with Crippen LogP contribution in [0.5, 0.6) is 11.5 Å². The molecule has 4 nitrogen and oxygen atoms in total. The molecule has 0 unspecified atom stereocenters. The number of rotatable bonds is 4. The van der Waals surface area contributed by atoms with E-state index in [4.69, 9.17) is 10.5 Å². The molecule has 106 valence electrons. The second kappa shape index (κ2) is 5.68. The number of pyridine rings is 1. The van der Waals surface area contributed by atoms with Crippen molar-refractivity contribution in [3.05, 3.63) is 48.3 Å². The van der Waals surface area contributed by atoms with Crippen LogP contribution in [0.3, 0.4) is 0 Å². The van der Waals surface area contributed by atoms with E-state index in [1.54, 1.807) is 18.2 Å². The van der Waals surface area contributed by atoms with Crippen molar-refractivity contribution >= 4 is 5.69 Å². The topological polar surface area (TPSA) is 57.4 Å². The highest BCUT2D eigenvalue weighted by atomic mass is 19.4. The zero-order valence-corrected chi connectivity index (χ0v) is 10.2. The molecule has 0 saturated carbocycles. The summed E-state index contributed by atoms with van der Waals surface area (Å²) in [6, 6.07) is 8.71. The number of nitrogens with two attached hydrogens (primary N) is 1. The van der Waals surface area contributed by atoms with Crippen molar-refractivity contribution in [2.75, 3.05) is 5.73 Å². The minimum absolute atomic E-state index is 0.0106. The molecule has 0 saturated heterocycles. The molecule has 20 heavy (non-hydrogen) atoms. The quantitative estimate of drug-likeness (QED) is 0.937. The lowest BCUT2D eigenvalue weighted by Gasteiger charge is -2.13. The molecule has 0 bridgehead atoms. The minimum atomic E-state index is -4.77. The summed E-state index contributed by atoms with van der Waals surface area (Å²) < 4.78 is 45.8. The van der Waals surface area contributed by atoms with Crippen molar-refractivity contribution in [2.24, 2.45) is 0 Å². The Kier molecular flexibility index (Phi) is 3.97. The van der Waals surface area contributed by atoms with Gasteiger partial charge in [-0.2, -0.15) is 0 Å². The molecule has 2 N–H and O–H groups in total. The first-order valence-corrected chi connectivity index (χ1v) is 5.62. The van der Waals surface area contributed by atoms with Crippen molar-refractivity contribution in [3.63, 3.8) is 0 Å². The Labute approximate surface area is 113 Å². The fourth-order valence-corrected chi connectivity index (χ4v) is 1.51. The summed E-state index contributed by atoms with van der Waals surface area (Å²) in [5, 5.41) is 0. The number of alkyl halides is 3. The average molecular weight is 284 g/mol. The van der Waals surface area contributed by atoms with Gasteiger partial charge < -0.3 is 15.2 Å². The Hall–Kier alpha value is -2.44. The summed E-state index contributed by atoms with van der Waals surface area (Å²) in [7, 11) is 0. The standard InChI is InChI=1S/C13H11F3N2O2/c14-13(15,16)20-12-4-2-1-3-11(12)19-8-10-7-9(17)5-6-18-10/h1-7H,8H2,(H2,17,18). The van der Waals surface area contributed by atoms with Gasteiger partial charge in [0.2, 0.25) is 0 Å². The number of hydrogen-bond acceptors (Lipinski definition) is 4. The van der Waals surface area contributed by atoms with Crippen molar-refractivity contribution in [1.29, 1.82) is 0 Å². The van der Waals surface area contributed by atoms with Gasteiger partial charge in [-0.1, -0.05) is 12.1 Å². The number of nitrogen functional groups attached to an aromatic ring is 1. The zero-order chi connectivity index (χ0) is 14.6. The van der Waals surface area contributed by atoms with E-state index in [9.17, 15) is 13.2 Å². The smallest absolute Gasteiger partial charge is 0.483 e. The lowest BCUT2D eigenvalue weighted by atomic mass is 10.3. The van der Waals surface area contributed by atoms with Crippen LogP contribution in [0.4, 0.5) is 18.9 Å². The van der Waals surface area contributed by atoms with Crippen LogP contribution in [0.2, 0.25) is 0 Å². The molecule has 0 atom stereocenters. The molecule has 2 aromatic rings. The van der Waals surface area contributed by atoms with E-state index >= 15 is 0 Å². The van der Waals surface area contributed by atoms with E-state index in [2.05, 4.69) is 9.72 Å². The zero-order valence-electron chi connectivity index (χ0n) is 10.2. The molecule has 0 aliphatic rings. The molecule has 0 spiro atoms. The van der Waals surface area contributed by atoms with E-state index in [0.29, 0.717) is 11.4 Å². The van der Waals surface area contributed by atoms with Crippen LogP contribution in [0.15, 0.2) is 42.6 Å². The highest BCUT2D eigenvalue weighted by molar-refractivity contribution is 5.40. The number of hydrogen-bond donors (Lipinski definition) is 1. The Morgan fingerprint density at radius 1 is 1.10 bits per heavy atom. The maximum Gasteiger partial charge on any atom is 0.573 e. The van der Waals surface area contributed by atoms with Crippen LogP contribution < -0.4 is 15.2 Å². The molecule has 7 heteroatoms. The number of halogens is 3. The summed E-state index contributed by atoms with van der Waals surface area (Å²) >= 11 is 0. The van der Waals surface area contributed by atoms with Gasteiger partial charge in [0, 0.05) is 11.9 Å². The van der Waals surface area contributed by atoms with E-state index in [1.807, 2.05) is 0 Å². The minimum Gasteiger partial charge on any atom is -0.483 e. The second-order valence-electron chi connectivity index (χ2n) is 3.86. The number of ether oxygens (including phenoxy) is 2. The van der Waals surface area contributed by atoms with Gasteiger partial charge in [0.25, 0.3) is 0 Å². The van der Waals surface area contributed by atoms with Crippen LogP contribution >= 0.6 is 0 Å². The van der Waals surface area contributed by atoms with E-state index in [0.717, 1.165) is 0 Å². The van der Waals surface area contributed by atoms with Gasteiger partial charge in [0.05, 0.1) is 5.69 Å². The van der Waals surface area contributed by atoms with Gasteiger partial charge in [-0.05, 0) is 24.3 Å². The van der Waals surface area contributed by atoms with Crippen LogP contribution in [0.1, 0.15) is 5.69 Å². The first kappa shape index (κ1) is 14.0. The summed E-state index contributed by atoms with van der Waals surface area (Å²) in [6.45, 7) is -0.0106. The average Bonchev–Trinajstić information content (AvgIpc) is 2.36. The molecule has 0 fully saturated rings. The molecule has 0 radical (unpaired) electrons. The van der Waals surface area contributed by atoms with Crippen molar-refractivity contribution < 1.29 is 22.6 Å². The molecule has 1 aromatic heterocycles. The summed E-state index contributed by atoms with van der Waals surface area (Å²) in [6.07, 6.45) is -3.28. The maximum absolute atomic E-state index is 12.2. The number of aromatic nitrogens is 1. The summed E-state index contributed by atoms with van der Waals surface area (Å²) in [5.74, 6) is -0.419. The van der Waals surface area contributed by atoms with Crippen molar-refractivity contribution in [2.45, 2.75) is 13.0 Å². The van der Waals surface area contributed by atoms with Gasteiger partial charge in [-0.25, -0.2) is 0 Å². The largest absolute Gasteiger partial charge is 0.573 e. The van der Waals surface area contributed by atoms with E-state index < -0.39 is 12.1 Å². The number of para-hydroxylation sites is 2. The van der Waals surface area contributed by atoms with E-state index in [-0.39, 0.29) is 12.4 Å². The van der Waals surface area contributed by atoms with Crippen LogP contribution in [0, 0.1) is 0 Å². The summed E-state index contributed by atoms with van der Waals surface area (Å²) in [4.78, 5) is 3.99. The third-order valence-electron chi connectivity index (χ3n) is 2.29. The Balaban J connectivity index is 2.09. The van der Waals surface area contributed by atoms with E-state index in [1.165, 1.54) is 24.4 Å². The van der Waals surface area contributed by atoms with Gasteiger partial charge in [0.15, 0.2) is 11.5 Å². The highest BCUT2D eigenvalue weighted by Crippen LogP contribution is 2.32. The van der Waals surface area contributed by atoms with Crippen molar-refractivity contribution in [1.82, 2.24) is 4.98 Å². The van der Waals surface area contributed by atoms with Crippen LogP contribution in [-0.4, -0.2) is 11.3 Å². The molecule has 0 aliphatic carbocycles. The number of benzene rings is 1. The lowest BCUT2D eigenvalue weighted by molar-refractivity contribution is -0.275. The maximum atomic E-state index is 12.2. The Morgan fingerprint density at radius 3 is 2.45 bits per heavy atom. The third-order valence-corrected chi connectivity index (χ3v) is 2.29. The first-order valence-electron chi connectivity index (χ1n) is 5.62. The van der Waals surface area contributed by atoms with Crippen LogP contribution in [0.25, 0.3) is 0 Å². The first-order chi connectivity index (χ1) is 9.44. The molecule has 0 amide bonds. The van der Waals surface area contributed by atoms with Gasteiger partial charge in [-0.15, -0.1) is 13.2 Å². The van der Waals surface area contributed by atoms with Crippen molar-refractivity contribution in [3.8, 4) is 11.5 Å². The second-order valence-corrected chi connectivity index (χ2v) is 3.86. The van der Waals surface area contributed by atoms with Gasteiger partial charge in [0.1, 0.15) is 6.61 Å². The predicted molar refractivity (Wildman–Crippen MR) is 66.1 cm³/mol. The fourth-order valence-electron chi connectivity index (χ4n) is 1.51. The van der Waals surface area contributed by atoms with Gasteiger partial charge in [-0.3, -0.25) is 4.98 Å². The normalized spacial score (nSPS) is 11.2. The SMILES string of the molecule is Nc1ccnc(COc2ccccc2OC(F)(F)F)c1. The third kappa shape index (κ3) is 4.04. The number of nitrogens with zero attached hydrogens (tertiary/aromatic N) is 1. The summed E-state index contributed by atoms with van der Waals surface area (Å²) in [5.41, 5.74) is 6.58. The molecular formula is C13H11F3N2O2. The monoisotopic (exact) mass is 284 g/mol. The van der Waals surface area contributed by atoms with Gasteiger partial charge >= 0.3 is 6.36 Å². The fraction of sp³-hybridized carbons (Fsp3) is 0.154. The molecular weight excluding hydrogens is 273 g/mol. The molecule has 1 aromatic carbocycles. The van der Waals surface area contributed by atoms with Crippen LogP contribution in [-0.2, 0) is 6.61 Å². The highest BCUT2D eigenvalue weighted by Gasteiger charge is 2.32. The Morgan fingerprint density at radius 2 is 1.80 bits per heavy atom. The number of anilines is 1. The Bertz CT molecular complexity index is 588. The predicted octanol–water partition coefficient (Wildman–Crippen LogP) is 3.14. The lowest BCUT2D eigenvalue weighted by Crippen LogP contribution is -2.17. The molecule has 0 aliphatic heterocycles. The molecule has 2 rings (SSSR count).